The Kier molecular flexibility index (Phi) is 7.72. The largest absolute Gasteiger partial charge is 0.586 e. The normalized spacial score (nSPS) is 16.1. The van der Waals surface area contributed by atoms with E-state index < -0.39 is 12.6 Å². The summed E-state index contributed by atoms with van der Waals surface area (Å²) >= 11 is 0. The van der Waals surface area contributed by atoms with Crippen LogP contribution in [0, 0.1) is 13.8 Å². The van der Waals surface area contributed by atoms with Gasteiger partial charge in [0.25, 0.3) is 0 Å². The van der Waals surface area contributed by atoms with Gasteiger partial charge in [0.2, 0.25) is 19.0 Å². The first kappa shape index (κ1) is 32.7. The number of anilines is 4. The first-order chi connectivity index (χ1) is 26.2. The SMILES string of the molecule is Cc1nc2ccccc2n1-c1nc(N)cc(Nc2ccc3c(c2)OCO3)n1.Cc1nc2ccccc2n1C1N=CC=CN1c1ccc2c(c1)OC(F)(F)O2. The number of allylic oxidation sites excluding steroid dienone is 1. The van der Waals surface area contributed by atoms with Gasteiger partial charge in [0.05, 0.1) is 22.1 Å². The van der Waals surface area contributed by atoms with Crippen LogP contribution >= 0.6 is 0 Å². The van der Waals surface area contributed by atoms with Crippen LogP contribution in [0.25, 0.3) is 28.0 Å². The minimum absolute atomic E-state index is 0.00795. The molecule has 14 nitrogen and oxygen atoms in total. The number of halogens is 2. The molecule has 54 heavy (non-hydrogen) atoms. The van der Waals surface area contributed by atoms with Gasteiger partial charge in [-0.3, -0.25) is 9.13 Å². The third-order valence-corrected chi connectivity index (χ3v) is 8.79. The number of nitrogens with two attached hydrogens (primary N) is 1. The summed E-state index contributed by atoms with van der Waals surface area (Å²) in [7, 11) is 0. The molecule has 1 atom stereocenters. The third kappa shape index (κ3) is 5.98. The minimum atomic E-state index is -3.65. The molecule has 16 heteroatoms. The molecule has 0 amide bonds. The number of aromatic nitrogens is 6. The molecule has 0 saturated heterocycles. The lowest BCUT2D eigenvalue weighted by atomic mass is 10.2. The molecule has 0 fully saturated rings. The monoisotopic (exact) mass is 728 g/mol. The van der Waals surface area contributed by atoms with Gasteiger partial charge in [-0.05, 0) is 68.5 Å². The highest BCUT2D eigenvalue weighted by Gasteiger charge is 2.43. The third-order valence-electron chi connectivity index (χ3n) is 8.79. The van der Waals surface area contributed by atoms with Crippen LogP contribution in [0.15, 0.2) is 108 Å². The fraction of sp³-hybridized carbons (Fsp3) is 0.132. The summed E-state index contributed by atoms with van der Waals surface area (Å²) in [6.07, 6.45) is 1.23. The fourth-order valence-corrected chi connectivity index (χ4v) is 6.51. The Morgan fingerprint density at radius 2 is 1.48 bits per heavy atom. The lowest BCUT2D eigenvalue weighted by molar-refractivity contribution is -0.286. The number of rotatable bonds is 5. The Morgan fingerprint density at radius 1 is 0.759 bits per heavy atom. The minimum Gasteiger partial charge on any atom is -0.454 e. The molecule has 0 saturated carbocycles. The van der Waals surface area contributed by atoms with Crippen molar-refractivity contribution in [2.24, 2.45) is 4.99 Å². The van der Waals surface area contributed by atoms with Crippen molar-refractivity contribution in [3.63, 3.8) is 0 Å². The van der Waals surface area contributed by atoms with Gasteiger partial charge >= 0.3 is 6.29 Å². The zero-order chi connectivity index (χ0) is 37.0. The molecule has 3 aliphatic heterocycles. The number of imidazole rings is 2. The van der Waals surface area contributed by atoms with Crippen LogP contribution in [0.3, 0.4) is 0 Å². The van der Waals surface area contributed by atoms with Gasteiger partial charge in [-0.25, -0.2) is 15.0 Å². The summed E-state index contributed by atoms with van der Waals surface area (Å²) in [5, 5.41) is 3.24. The number of hydrogen-bond donors (Lipinski definition) is 2. The topological polar surface area (TPSA) is 152 Å². The number of aryl methyl sites for hydroxylation is 2. The lowest BCUT2D eigenvalue weighted by Gasteiger charge is -2.31. The van der Waals surface area contributed by atoms with E-state index in [-0.39, 0.29) is 18.3 Å². The molecule has 0 radical (unpaired) electrons. The maximum absolute atomic E-state index is 13.3. The van der Waals surface area contributed by atoms with Crippen LogP contribution in [0.5, 0.6) is 23.0 Å². The molecular weight excluding hydrogens is 698 g/mol. The zero-order valence-electron chi connectivity index (χ0n) is 28.7. The smallest absolute Gasteiger partial charge is 0.454 e. The van der Waals surface area contributed by atoms with E-state index in [4.69, 9.17) is 15.2 Å². The molecule has 270 valence electrons. The van der Waals surface area contributed by atoms with Gasteiger partial charge in [0, 0.05) is 42.0 Å². The van der Waals surface area contributed by atoms with Gasteiger partial charge in [0.1, 0.15) is 23.3 Å². The van der Waals surface area contributed by atoms with Gasteiger partial charge in [-0.2, -0.15) is 9.97 Å². The number of alkyl halides is 2. The highest BCUT2D eigenvalue weighted by atomic mass is 19.3. The fourth-order valence-electron chi connectivity index (χ4n) is 6.51. The van der Waals surface area contributed by atoms with Crippen LogP contribution in [-0.4, -0.2) is 48.4 Å². The van der Waals surface area contributed by atoms with Crippen LogP contribution in [0.2, 0.25) is 0 Å². The predicted octanol–water partition coefficient (Wildman–Crippen LogP) is 7.41. The number of nitrogens with one attached hydrogen (secondary N) is 1. The van der Waals surface area contributed by atoms with E-state index in [1.54, 1.807) is 24.4 Å². The Labute approximate surface area is 305 Å². The zero-order valence-corrected chi connectivity index (χ0v) is 28.7. The number of nitrogen functional groups attached to an aromatic ring is 1. The second kappa shape index (κ2) is 12.8. The summed E-state index contributed by atoms with van der Waals surface area (Å²) in [6.45, 7) is 4.06. The Bertz CT molecular complexity index is 2640. The molecule has 3 aromatic heterocycles. The molecule has 1 unspecified atom stereocenters. The molecule has 10 rings (SSSR count). The van der Waals surface area contributed by atoms with Gasteiger partial charge in [-0.1, -0.05) is 24.3 Å². The number of nitrogens with zero attached hydrogens (tertiary/aromatic N) is 8. The number of aliphatic imine (C=N–C) groups is 1. The Hall–Kier alpha value is -7.23. The van der Waals surface area contributed by atoms with Crippen molar-refractivity contribution in [2.75, 3.05) is 22.7 Å². The van der Waals surface area contributed by atoms with Crippen molar-refractivity contribution in [1.82, 2.24) is 29.1 Å². The molecule has 7 aromatic rings. The number of para-hydroxylation sites is 4. The highest BCUT2D eigenvalue weighted by Crippen LogP contribution is 2.44. The van der Waals surface area contributed by atoms with E-state index in [0.29, 0.717) is 29.0 Å². The maximum atomic E-state index is 13.3. The van der Waals surface area contributed by atoms with Crippen LogP contribution in [0.1, 0.15) is 17.9 Å². The molecule has 0 aliphatic carbocycles. The Balaban J connectivity index is 0.000000142. The van der Waals surface area contributed by atoms with Crippen LogP contribution in [0.4, 0.5) is 31.8 Å². The summed E-state index contributed by atoms with van der Waals surface area (Å²) in [5.41, 5.74) is 11.1. The van der Waals surface area contributed by atoms with Crippen molar-refractivity contribution < 1.29 is 27.7 Å². The predicted molar refractivity (Wildman–Crippen MR) is 198 cm³/mol. The van der Waals surface area contributed by atoms with Crippen molar-refractivity contribution >= 4 is 51.3 Å². The van der Waals surface area contributed by atoms with Gasteiger partial charge in [-0.15, -0.1) is 8.78 Å². The van der Waals surface area contributed by atoms with Gasteiger partial charge < -0.3 is 34.9 Å². The quantitative estimate of drug-likeness (QED) is 0.182. The molecule has 6 heterocycles. The van der Waals surface area contributed by atoms with Crippen molar-refractivity contribution in [1.29, 1.82) is 0 Å². The lowest BCUT2D eigenvalue weighted by Crippen LogP contribution is -2.29. The maximum Gasteiger partial charge on any atom is 0.586 e. The second-order valence-electron chi connectivity index (χ2n) is 12.4. The molecule has 0 spiro atoms. The first-order valence-electron chi connectivity index (χ1n) is 16.8. The number of hydrogen-bond acceptors (Lipinski definition) is 12. The van der Waals surface area contributed by atoms with Crippen molar-refractivity contribution in [2.45, 2.75) is 26.4 Å². The van der Waals surface area contributed by atoms with Crippen LogP contribution < -0.4 is 34.9 Å². The molecule has 3 aliphatic rings. The standard InChI is InChI=1S/C19H14F2N4O2.C19H16N6O2/c1-12-23-14-5-2-3-6-15(14)25(12)18-22-9-4-10-24(18)13-7-8-16-17(11-13)27-19(20,21)26-16;1-11-21-13-4-2-3-5-14(13)25(11)19-23-17(20)9-18(24-19)22-12-6-7-15-16(8-12)27-10-26-15/h2-11,18H,1H3;2-9H,10H2,1H3,(H3,20,22,23,24). The summed E-state index contributed by atoms with van der Waals surface area (Å²) in [6, 6.07) is 27.6. The molecular formula is C38H30F2N10O4. The second-order valence-corrected chi connectivity index (χ2v) is 12.4. The van der Waals surface area contributed by atoms with E-state index in [1.807, 2.05) is 101 Å². The summed E-state index contributed by atoms with van der Waals surface area (Å²) < 4.78 is 50.4. The average Bonchev–Trinajstić information content (AvgIpc) is 3.92. The van der Waals surface area contributed by atoms with Crippen molar-refractivity contribution in [3.05, 3.63) is 115 Å². The number of benzene rings is 4. The number of fused-ring (bicyclic) bond motifs is 4. The molecule has 0 bridgehead atoms. The van der Waals surface area contributed by atoms with E-state index in [0.717, 1.165) is 45.2 Å². The van der Waals surface area contributed by atoms with E-state index in [9.17, 15) is 8.78 Å². The average molecular weight is 729 g/mol. The first-order valence-corrected chi connectivity index (χ1v) is 16.8. The molecule has 4 aromatic carbocycles. The number of ether oxygens (including phenoxy) is 4. The summed E-state index contributed by atoms with van der Waals surface area (Å²) in [4.78, 5) is 24.6. The highest BCUT2D eigenvalue weighted by molar-refractivity contribution is 5.79. The van der Waals surface area contributed by atoms with Gasteiger partial charge in [0.15, 0.2) is 23.0 Å². The van der Waals surface area contributed by atoms with E-state index >= 15 is 0 Å². The van der Waals surface area contributed by atoms with E-state index in [1.165, 1.54) is 12.1 Å². The Morgan fingerprint density at radius 3 is 2.33 bits per heavy atom. The molecule has 3 N–H and O–H groups in total. The summed E-state index contributed by atoms with van der Waals surface area (Å²) in [5.74, 6) is 4.41. The van der Waals surface area contributed by atoms with E-state index in [2.05, 4.69) is 39.7 Å². The van der Waals surface area contributed by atoms with Crippen molar-refractivity contribution in [3.8, 4) is 28.9 Å². The van der Waals surface area contributed by atoms with Crippen LogP contribution in [-0.2, 0) is 0 Å².